The molecule has 9 heteroatoms. The van der Waals surface area contributed by atoms with Gasteiger partial charge in [-0.1, -0.05) is 6.92 Å². The molecular formula is C18H28F3N5O. The zero-order valence-corrected chi connectivity index (χ0v) is 16.2. The molecule has 0 aliphatic carbocycles. The molecule has 2 aliphatic heterocycles. The van der Waals surface area contributed by atoms with E-state index >= 15 is 0 Å². The van der Waals surface area contributed by atoms with Gasteiger partial charge < -0.3 is 14.7 Å². The van der Waals surface area contributed by atoms with Crippen molar-refractivity contribution >= 4 is 5.91 Å². The van der Waals surface area contributed by atoms with E-state index in [0.29, 0.717) is 31.9 Å². The molecule has 0 unspecified atom stereocenters. The monoisotopic (exact) mass is 387 g/mol. The molecule has 2 saturated heterocycles. The van der Waals surface area contributed by atoms with Gasteiger partial charge in [0, 0.05) is 31.9 Å². The first-order valence-corrected chi connectivity index (χ1v) is 9.58. The van der Waals surface area contributed by atoms with Crippen LogP contribution in [-0.4, -0.2) is 83.2 Å². The smallest absolute Gasteiger partial charge is 0.336 e. The molecule has 0 saturated carbocycles. The third-order valence-electron chi connectivity index (χ3n) is 5.77. The number of aromatic nitrogens is 2. The van der Waals surface area contributed by atoms with Crippen molar-refractivity contribution in [3.63, 3.8) is 0 Å². The van der Waals surface area contributed by atoms with E-state index in [4.69, 9.17) is 0 Å². The number of nitrogens with zero attached hydrogens (tertiary/aromatic N) is 5. The summed E-state index contributed by atoms with van der Waals surface area (Å²) in [6.45, 7) is 8.40. The maximum absolute atomic E-state index is 13.7. The molecule has 0 spiro atoms. The minimum absolute atomic E-state index is 0.0965. The summed E-state index contributed by atoms with van der Waals surface area (Å²) in [5, 5.41) is 3.89. The fraction of sp³-hybridized carbons (Fsp3) is 0.778. The van der Waals surface area contributed by atoms with Crippen molar-refractivity contribution < 1.29 is 18.0 Å². The minimum atomic E-state index is -4.64. The topological polar surface area (TPSA) is 44.6 Å². The van der Waals surface area contributed by atoms with Gasteiger partial charge in [0.05, 0.1) is 11.6 Å². The largest absolute Gasteiger partial charge is 0.435 e. The number of hydrogen-bond acceptors (Lipinski definition) is 4. The average molecular weight is 387 g/mol. The Hall–Kier alpha value is -1.61. The van der Waals surface area contributed by atoms with Crippen molar-refractivity contribution in [3.05, 3.63) is 17.0 Å². The van der Waals surface area contributed by atoms with Gasteiger partial charge >= 0.3 is 6.18 Å². The highest BCUT2D eigenvalue weighted by molar-refractivity contribution is 5.96. The van der Waals surface area contributed by atoms with Crippen LogP contribution in [-0.2, 0) is 6.18 Å². The van der Waals surface area contributed by atoms with E-state index in [9.17, 15) is 18.0 Å². The molecule has 1 aromatic heterocycles. The lowest BCUT2D eigenvalue weighted by Crippen LogP contribution is -2.48. The van der Waals surface area contributed by atoms with Crippen molar-refractivity contribution in [2.45, 2.75) is 38.9 Å². The van der Waals surface area contributed by atoms with Crippen LogP contribution in [0.5, 0.6) is 0 Å². The number of alkyl halides is 3. The van der Waals surface area contributed by atoms with E-state index in [2.05, 4.69) is 14.9 Å². The van der Waals surface area contributed by atoms with Crippen LogP contribution in [0.4, 0.5) is 13.2 Å². The lowest BCUT2D eigenvalue weighted by atomic mass is 10.0. The molecule has 152 valence electrons. The molecule has 2 fully saturated rings. The van der Waals surface area contributed by atoms with E-state index < -0.39 is 17.8 Å². The Kier molecular flexibility index (Phi) is 5.81. The molecule has 0 aromatic carbocycles. The highest BCUT2D eigenvalue weighted by atomic mass is 19.4. The van der Waals surface area contributed by atoms with Crippen molar-refractivity contribution in [2.24, 2.45) is 0 Å². The van der Waals surface area contributed by atoms with Crippen LogP contribution < -0.4 is 0 Å². The molecule has 0 bridgehead atoms. The molecule has 6 nitrogen and oxygen atoms in total. The predicted octanol–water partition coefficient (Wildman–Crippen LogP) is 2.25. The zero-order chi connectivity index (χ0) is 19.8. The Bertz CT molecular complexity index is 671. The zero-order valence-electron chi connectivity index (χ0n) is 16.2. The SMILES string of the molecule is CCN1CCN(C(=O)c2c(C(F)(F)F)nn(C3CCN(C)CC3)c2C)CC1. The molecule has 2 aliphatic rings. The van der Waals surface area contributed by atoms with Crippen LogP contribution >= 0.6 is 0 Å². The second-order valence-electron chi connectivity index (χ2n) is 7.51. The Morgan fingerprint density at radius 3 is 2.22 bits per heavy atom. The fourth-order valence-corrected chi connectivity index (χ4v) is 3.99. The van der Waals surface area contributed by atoms with Crippen LogP contribution in [0, 0.1) is 6.92 Å². The molecule has 3 rings (SSSR count). The standard InChI is InChI=1S/C18H28F3N5O/c1-4-24-9-11-25(12-10-24)17(27)15-13(2)26(22-16(15)18(19,20)21)14-5-7-23(3)8-6-14/h14H,4-12H2,1-3H3. The number of piperazine rings is 1. The molecule has 0 radical (unpaired) electrons. The van der Waals surface area contributed by atoms with Gasteiger partial charge in [0.15, 0.2) is 5.69 Å². The Balaban J connectivity index is 1.90. The molecule has 27 heavy (non-hydrogen) atoms. The molecule has 1 aromatic rings. The maximum Gasteiger partial charge on any atom is 0.435 e. The van der Waals surface area contributed by atoms with E-state index in [1.165, 1.54) is 9.58 Å². The first kappa shape index (κ1) is 20.1. The third kappa shape index (κ3) is 4.13. The Labute approximate surface area is 157 Å². The quantitative estimate of drug-likeness (QED) is 0.798. The maximum atomic E-state index is 13.7. The number of likely N-dealkylation sites (N-methyl/N-ethyl adjacent to an activating group) is 1. The summed E-state index contributed by atoms with van der Waals surface area (Å²) in [6, 6.07) is -0.0965. The van der Waals surface area contributed by atoms with E-state index in [1.54, 1.807) is 6.92 Å². The van der Waals surface area contributed by atoms with Crippen LogP contribution in [0.3, 0.4) is 0 Å². The van der Waals surface area contributed by atoms with E-state index in [0.717, 1.165) is 32.5 Å². The summed E-state index contributed by atoms with van der Waals surface area (Å²) < 4.78 is 42.4. The number of amides is 1. The van der Waals surface area contributed by atoms with Gasteiger partial charge in [-0.2, -0.15) is 18.3 Å². The highest BCUT2D eigenvalue weighted by Crippen LogP contribution is 2.35. The van der Waals surface area contributed by atoms with Gasteiger partial charge in [0.25, 0.3) is 5.91 Å². The van der Waals surface area contributed by atoms with Crippen LogP contribution in [0.15, 0.2) is 0 Å². The van der Waals surface area contributed by atoms with Crippen molar-refractivity contribution in [1.29, 1.82) is 0 Å². The van der Waals surface area contributed by atoms with Crippen LogP contribution in [0.25, 0.3) is 0 Å². The van der Waals surface area contributed by atoms with E-state index in [1.807, 2.05) is 14.0 Å². The van der Waals surface area contributed by atoms with Crippen molar-refractivity contribution in [3.8, 4) is 0 Å². The van der Waals surface area contributed by atoms with Gasteiger partial charge in [-0.25, -0.2) is 0 Å². The average Bonchev–Trinajstić information content (AvgIpc) is 2.99. The summed E-state index contributed by atoms with van der Waals surface area (Å²) in [4.78, 5) is 18.8. The van der Waals surface area contributed by atoms with Gasteiger partial charge in [0.2, 0.25) is 0 Å². The Morgan fingerprint density at radius 2 is 1.70 bits per heavy atom. The molecule has 0 atom stereocenters. The number of carbonyl (C=O) groups excluding carboxylic acids is 1. The van der Waals surface area contributed by atoms with Crippen molar-refractivity contribution in [2.75, 3.05) is 52.9 Å². The number of rotatable bonds is 3. The van der Waals surface area contributed by atoms with Crippen LogP contribution in [0.1, 0.15) is 47.6 Å². The number of halogens is 3. The van der Waals surface area contributed by atoms with Gasteiger partial charge in [-0.3, -0.25) is 9.48 Å². The summed E-state index contributed by atoms with van der Waals surface area (Å²) in [6.07, 6.45) is -3.17. The summed E-state index contributed by atoms with van der Waals surface area (Å²) in [7, 11) is 2.00. The summed E-state index contributed by atoms with van der Waals surface area (Å²) in [5.74, 6) is -0.547. The fourth-order valence-electron chi connectivity index (χ4n) is 3.99. The Morgan fingerprint density at radius 1 is 1.11 bits per heavy atom. The lowest BCUT2D eigenvalue weighted by molar-refractivity contribution is -0.142. The van der Waals surface area contributed by atoms with Crippen molar-refractivity contribution in [1.82, 2.24) is 24.5 Å². The first-order chi connectivity index (χ1) is 12.7. The minimum Gasteiger partial charge on any atom is -0.336 e. The summed E-state index contributed by atoms with van der Waals surface area (Å²) in [5.41, 5.74) is -0.979. The first-order valence-electron chi connectivity index (χ1n) is 9.58. The second kappa shape index (κ2) is 7.79. The normalized spacial score (nSPS) is 21.0. The number of hydrogen-bond donors (Lipinski definition) is 0. The molecular weight excluding hydrogens is 359 g/mol. The number of piperidine rings is 1. The number of likely N-dealkylation sites (tertiary alicyclic amines) is 1. The second-order valence-corrected chi connectivity index (χ2v) is 7.51. The van der Waals surface area contributed by atoms with Gasteiger partial charge in [-0.15, -0.1) is 0 Å². The van der Waals surface area contributed by atoms with E-state index in [-0.39, 0.29) is 11.6 Å². The molecule has 0 N–H and O–H groups in total. The third-order valence-corrected chi connectivity index (χ3v) is 5.77. The summed E-state index contributed by atoms with van der Waals surface area (Å²) >= 11 is 0. The molecule has 1 amide bonds. The number of carbonyl (C=O) groups is 1. The van der Waals surface area contributed by atoms with Gasteiger partial charge in [0.1, 0.15) is 0 Å². The predicted molar refractivity (Wildman–Crippen MR) is 95.8 cm³/mol. The lowest BCUT2D eigenvalue weighted by Gasteiger charge is -2.34. The highest BCUT2D eigenvalue weighted by Gasteiger charge is 2.42. The molecule has 3 heterocycles. The van der Waals surface area contributed by atoms with Gasteiger partial charge in [-0.05, 0) is 46.4 Å². The van der Waals surface area contributed by atoms with Crippen LogP contribution in [0.2, 0.25) is 0 Å².